The van der Waals surface area contributed by atoms with Gasteiger partial charge in [-0.2, -0.15) is 4.98 Å². The van der Waals surface area contributed by atoms with Gasteiger partial charge in [0.25, 0.3) is 0 Å². The van der Waals surface area contributed by atoms with Crippen LogP contribution in [0.5, 0.6) is 0 Å². The lowest BCUT2D eigenvalue weighted by Crippen LogP contribution is -2.06. The van der Waals surface area contributed by atoms with Gasteiger partial charge in [-0.3, -0.25) is 0 Å². The maximum absolute atomic E-state index is 5.95. The second-order valence-electron chi connectivity index (χ2n) is 4.15. The molecule has 0 spiro atoms. The number of hydrogen-bond donors (Lipinski definition) is 1. The van der Waals surface area contributed by atoms with Gasteiger partial charge in [0.15, 0.2) is 6.33 Å². The Bertz CT molecular complexity index is 671. The summed E-state index contributed by atoms with van der Waals surface area (Å²) >= 11 is 0. The molecule has 2 heterocycles. The first-order valence-corrected chi connectivity index (χ1v) is 5.72. The molecule has 6 heteroatoms. The summed E-state index contributed by atoms with van der Waals surface area (Å²) in [5.41, 5.74) is 9.08. The van der Waals surface area contributed by atoms with E-state index >= 15 is 0 Å². The SMILES string of the molecule is Cc1cccc2nc(N)n(CCc3ncno3)c12. The minimum atomic E-state index is 0.513. The lowest BCUT2D eigenvalue weighted by Gasteiger charge is -2.06. The lowest BCUT2D eigenvalue weighted by atomic mass is 10.2. The molecule has 0 saturated carbocycles. The van der Waals surface area contributed by atoms with Gasteiger partial charge in [0, 0.05) is 13.0 Å². The van der Waals surface area contributed by atoms with E-state index in [1.165, 1.54) is 6.33 Å². The summed E-state index contributed by atoms with van der Waals surface area (Å²) in [6.45, 7) is 2.72. The van der Waals surface area contributed by atoms with Crippen LogP contribution in [0.3, 0.4) is 0 Å². The molecule has 6 nitrogen and oxygen atoms in total. The second-order valence-corrected chi connectivity index (χ2v) is 4.15. The van der Waals surface area contributed by atoms with Crippen LogP contribution in [0.25, 0.3) is 11.0 Å². The van der Waals surface area contributed by atoms with Crippen molar-refractivity contribution in [3.8, 4) is 0 Å². The molecule has 0 saturated heterocycles. The van der Waals surface area contributed by atoms with Crippen molar-refractivity contribution >= 4 is 17.0 Å². The van der Waals surface area contributed by atoms with Gasteiger partial charge in [0.2, 0.25) is 11.8 Å². The van der Waals surface area contributed by atoms with Crippen LogP contribution >= 0.6 is 0 Å². The lowest BCUT2D eigenvalue weighted by molar-refractivity contribution is 0.372. The van der Waals surface area contributed by atoms with E-state index in [2.05, 4.69) is 15.1 Å². The molecule has 3 aromatic rings. The quantitative estimate of drug-likeness (QED) is 0.754. The molecular formula is C12H13N5O. The van der Waals surface area contributed by atoms with E-state index in [-0.39, 0.29) is 0 Å². The molecule has 0 radical (unpaired) electrons. The van der Waals surface area contributed by atoms with Gasteiger partial charge >= 0.3 is 0 Å². The summed E-state index contributed by atoms with van der Waals surface area (Å²) in [7, 11) is 0. The maximum atomic E-state index is 5.95. The van der Waals surface area contributed by atoms with Crippen LogP contribution < -0.4 is 5.73 Å². The molecule has 2 N–H and O–H groups in total. The van der Waals surface area contributed by atoms with Crippen LogP contribution in [0.15, 0.2) is 29.0 Å². The molecule has 0 atom stereocenters. The molecule has 0 aliphatic rings. The van der Waals surface area contributed by atoms with Gasteiger partial charge in [-0.1, -0.05) is 17.3 Å². The van der Waals surface area contributed by atoms with E-state index in [1.54, 1.807) is 0 Å². The summed E-state index contributed by atoms with van der Waals surface area (Å²) in [5.74, 6) is 1.11. The number of aryl methyl sites for hydroxylation is 3. The molecule has 1 aromatic carbocycles. The van der Waals surface area contributed by atoms with Crippen molar-refractivity contribution < 1.29 is 4.52 Å². The summed E-state index contributed by atoms with van der Waals surface area (Å²) in [5, 5.41) is 3.58. The number of nitrogen functional groups attached to an aromatic ring is 1. The number of benzene rings is 1. The van der Waals surface area contributed by atoms with Crippen LogP contribution in [0.4, 0.5) is 5.95 Å². The second kappa shape index (κ2) is 4.14. The first kappa shape index (κ1) is 10.8. The van der Waals surface area contributed by atoms with Crippen molar-refractivity contribution in [3.63, 3.8) is 0 Å². The highest BCUT2D eigenvalue weighted by molar-refractivity contribution is 5.81. The van der Waals surface area contributed by atoms with E-state index in [0.717, 1.165) is 16.6 Å². The molecule has 18 heavy (non-hydrogen) atoms. The number of fused-ring (bicyclic) bond motifs is 1. The molecule has 0 aliphatic heterocycles. The number of nitrogens with two attached hydrogens (primary N) is 1. The Labute approximate surface area is 103 Å². The third-order valence-corrected chi connectivity index (χ3v) is 2.95. The summed E-state index contributed by atoms with van der Waals surface area (Å²) in [6, 6.07) is 5.99. The largest absolute Gasteiger partial charge is 0.369 e. The molecule has 2 aromatic heterocycles. The Morgan fingerprint density at radius 3 is 3.06 bits per heavy atom. The number of aromatic nitrogens is 4. The Balaban J connectivity index is 1.98. The predicted octanol–water partition coefficient (Wildman–Crippen LogP) is 1.55. The summed E-state index contributed by atoms with van der Waals surface area (Å²) in [6.07, 6.45) is 2.04. The van der Waals surface area contributed by atoms with Gasteiger partial charge < -0.3 is 14.8 Å². The summed E-state index contributed by atoms with van der Waals surface area (Å²) < 4.78 is 6.96. The molecule has 0 amide bonds. The zero-order valence-corrected chi connectivity index (χ0v) is 10.00. The fourth-order valence-electron chi connectivity index (χ4n) is 2.12. The van der Waals surface area contributed by atoms with Crippen molar-refractivity contribution in [1.29, 1.82) is 0 Å². The van der Waals surface area contributed by atoms with E-state index in [0.29, 0.717) is 24.8 Å². The number of hydrogen-bond acceptors (Lipinski definition) is 5. The van der Waals surface area contributed by atoms with Crippen molar-refractivity contribution in [2.24, 2.45) is 0 Å². The minimum Gasteiger partial charge on any atom is -0.369 e. The highest BCUT2D eigenvalue weighted by Gasteiger charge is 2.10. The van der Waals surface area contributed by atoms with Crippen molar-refractivity contribution in [3.05, 3.63) is 36.0 Å². The Hall–Kier alpha value is -2.37. The smallest absolute Gasteiger partial charge is 0.228 e. The van der Waals surface area contributed by atoms with E-state index < -0.39 is 0 Å². The van der Waals surface area contributed by atoms with E-state index in [9.17, 15) is 0 Å². The zero-order chi connectivity index (χ0) is 12.5. The van der Waals surface area contributed by atoms with E-state index in [4.69, 9.17) is 10.3 Å². The van der Waals surface area contributed by atoms with Crippen LogP contribution in [-0.4, -0.2) is 19.7 Å². The highest BCUT2D eigenvalue weighted by atomic mass is 16.5. The minimum absolute atomic E-state index is 0.513. The number of anilines is 1. The normalized spacial score (nSPS) is 11.2. The molecule has 92 valence electrons. The number of para-hydroxylation sites is 1. The third-order valence-electron chi connectivity index (χ3n) is 2.95. The van der Waals surface area contributed by atoms with E-state index in [1.807, 2.05) is 29.7 Å². The Kier molecular flexibility index (Phi) is 2.47. The monoisotopic (exact) mass is 243 g/mol. The first-order chi connectivity index (χ1) is 8.75. The molecule has 0 bridgehead atoms. The van der Waals surface area contributed by atoms with Gasteiger partial charge in [0.1, 0.15) is 0 Å². The maximum Gasteiger partial charge on any atom is 0.228 e. The number of imidazole rings is 1. The standard InChI is InChI=1S/C12H13N5O/c1-8-3-2-4-9-11(8)17(12(13)16-9)6-5-10-14-7-15-18-10/h2-4,7H,5-6H2,1H3,(H2,13,16). The Morgan fingerprint density at radius 1 is 1.39 bits per heavy atom. The number of nitrogens with zero attached hydrogens (tertiary/aromatic N) is 4. The van der Waals surface area contributed by atoms with Gasteiger partial charge in [-0.15, -0.1) is 0 Å². The fraction of sp³-hybridized carbons (Fsp3) is 0.250. The highest BCUT2D eigenvalue weighted by Crippen LogP contribution is 2.21. The molecule has 0 aliphatic carbocycles. The predicted molar refractivity (Wildman–Crippen MR) is 66.9 cm³/mol. The molecular weight excluding hydrogens is 230 g/mol. The van der Waals surface area contributed by atoms with Gasteiger partial charge in [-0.05, 0) is 18.6 Å². The van der Waals surface area contributed by atoms with Gasteiger partial charge in [-0.25, -0.2) is 4.98 Å². The average Bonchev–Trinajstić information content (AvgIpc) is 2.94. The zero-order valence-electron chi connectivity index (χ0n) is 10.00. The fourth-order valence-corrected chi connectivity index (χ4v) is 2.12. The number of rotatable bonds is 3. The van der Waals surface area contributed by atoms with Crippen LogP contribution in [-0.2, 0) is 13.0 Å². The summed E-state index contributed by atoms with van der Waals surface area (Å²) in [4.78, 5) is 8.34. The Morgan fingerprint density at radius 2 is 2.28 bits per heavy atom. The van der Waals surface area contributed by atoms with Crippen LogP contribution in [0.2, 0.25) is 0 Å². The molecule has 3 rings (SSSR count). The third kappa shape index (κ3) is 1.71. The van der Waals surface area contributed by atoms with Crippen molar-refractivity contribution in [1.82, 2.24) is 19.7 Å². The average molecular weight is 243 g/mol. The van der Waals surface area contributed by atoms with Gasteiger partial charge in [0.05, 0.1) is 11.0 Å². The van der Waals surface area contributed by atoms with Crippen LogP contribution in [0, 0.1) is 6.92 Å². The van der Waals surface area contributed by atoms with Crippen molar-refractivity contribution in [2.75, 3.05) is 5.73 Å². The van der Waals surface area contributed by atoms with Crippen molar-refractivity contribution in [2.45, 2.75) is 19.9 Å². The first-order valence-electron chi connectivity index (χ1n) is 5.72. The molecule has 0 unspecified atom stereocenters. The topological polar surface area (TPSA) is 82.8 Å². The van der Waals surface area contributed by atoms with Crippen LogP contribution in [0.1, 0.15) is 11.5 Å². The molecule has 0 fully saturated rings.